The molecule has 1 aromatic carbocycles. The molecule has 2 aromatic rings. The lowest BCUT2D eigenvalue weighted by atomic mass is 10.2. The van der Waals surface area contributed by atoms with Crippen molar-refractivity contribution in [3.63, 3.8) is 0 Å². The average molecular weight is 419 g/mol. The number of rotatable bonds is 8. The van der Waals surface area contributed by atoms with Gasteiger partial charge in [-0.15, -0.1) is 11.3 Å². The summed E-state index contributed by atoms with van der Waals surface area (Å²) in [6.07, 6.45) is 0. The zero-order valence-electron chi connectivity index (χ0n) is 14.6. The summed E-state index contributed by atoms with van der Waals surface area (Å²) in [7, 11) is -7.04. The third-order valence-corrected chi connectivity index (χ3v) is 7.86. The number of hydrogen-bond donors (Lipinski definition) is 3. The van der Waals surface area contributed by atoms with Crippen LogP contribution in [0.3, 0.4) is 0 Å². The van der Waals surface area contributed by atoms with E-state index in [1.54, 1.807) is 44.4 Å². The van der Waals surface area contributed by atoms with Crippen LogP contribution in [0.2, 0.25) is 0 Å². The van der Waals surface area contributed by atoms with Crippen molar-refractivity contribution in [2.45, 2.75) is 31.1 Å². The number of hydrogen-bond acceptors (Lipinski definition) is 5. The van der Waals surface area contributed by atoms with E-state index >= 15 is 0 Å². The van der Waals surface area contributed by atoms with Gasteiger partial charge in [-0.3, -0.25) is 4.57 Å². The second-order valence-corrected chi connectivity index (χ2v) is 10.7. The Morgan fingerprint density at radius 1 is 1.15 bits per heavy atom. The zero-order valence-corrected chi connectivity index (χ0v) is 17.1. The van der Waals surface area contributed by atoms with Gasteiger partial charge in [0.2, 0.25) is 10.0 Å². The summed E-state index contributed by atoms with van der Waals surface area (Å²) >= 11 is 1.55. The van der Waals surface area contributed by atoms with Crippen LogP contribution in [0, 0.1) is 5.92 Å². The molecule has 0 aliphatic rings. The molecule has 26 heavy (non-hydrogen) atoms. The van der Waals surface area contributed by atoms with Crippen LogP contribution < -0.4 is 4.72 Å². The maximum atomic E-state index is 12.5. The molecule has 7 nitrogen and oxygen atoms in total. The molecule has 0 aliphatic carbocycles. The normalized spacial score (nSPS) is 13.9. The van der Waals surface area contributed by atoms with E-state index in [4.69, 9.17) is 4.74 Å². The van der Waals surface area contributed by atoms with Crippen LogP contribution in [0.1, 0.15) is 18.7 Å². The average Bonchev–Trinajstić information content (AvgIpc) is 3.00. The number of sulfonamides is 1. The maximum absolute atomic E-state index is 12.5. The molecule has 0 saturated heterocycles. The molecule has 10 heteroatoms. The number of thiophene rings is 1. The van der Waals surface area contributed by atoms with Gasteiger partial charge in [0, 0.05) is 16.9 Å². The molecule has 0 spiro atoms. The van der Waals surface area contributed by atoms with Gasteiger partial charge in [-0.2, -0.15) is 4.72 Å². The number of nitrogens with one attached hydrogen (secondary N) is 1. The van der Waals surface area contributed by atoms with Crippen LogP contribution in [0.25, 0.3) is 10.4 Å². The Bertz CT molecular complexity index is 886. The van der Waals surface area contributed by atoms with Gasteiger partial charge in [-0.05, 0) is 35.7 Å². The van der Waals surface area contributed by atoms with Crippen molar-refractivity contribution >= 4 is 29.0 Å². The van der Waals surface area contributed by atoms with Gasteiger partial charge in [-0.25, -0.2) is 8.42 Å². The molecule has 1 heterocycles. The van der Waals surface area contributed by atoms with E-state index in [1.807, 2.05) is 12.1 Å². The third-order valence-electron chi connectivity index (χ3n) is 3.67. The number of benzene rings is 1. The van der Waals surface area contributed by atoms with Gasteiger partial charge < -0.3 is 14.5 Å². The van der Waals surface area contributed by atoms with Crippen molar-refractivity contribution in [2.75, 3.05) is 7.11 Å². The topological polar surface area (TPSA) is 113 Å². The monoisotopic (exact) mass is 419 g/mol. The van der Waals surface area contributed by atoms with E-state index in [0.29, 0.717) is 6.61 Å². The lowest BCUT2D eigenvalue weighted by Crippen LogP contribution is -2.38. The van der Waals surface area contributed by atoms with E-state index < -0.39 is 29.3 Å². The first-order valence-corrected chi connectivity index (χ1v) is 11.8. The molecule has 0 saturated carbocycles. The Morgan fingerprint density at radius 2 is 1.77 bits per heavy atom. The Labute approximate surface area is 157 Å². The van der Waals surface area contributed by atoms with Crippen LogP contribution in [0.5, 0.6) is 0 Å². The fraction of sp³-hybridized carbons (Fsp3) is 0.375. The fourth-order valence-electron chi connectivity index (χ4n) is 2.37. The molecule has 1 unspecified atom stereocenters. The maximum Gasteiger partial charge on any atom is 0.343 e. The van der Waals surface area contributed by atoms with Gasteiger partial charge >= 0.3 is 7.60 Å². The van der Waals surface area contributed by atoms with Gasteiger partial charge in [-0.1, -0.05) is 26.0 Å². The fourth-order valence-corrected chi connectivity index (χ4v) is 6.32. The van der Waals surface area contributed by atoms with Crippen molar-refractivity contribution in [3.05, 3.63) is 41.3 Å². The minimum absolute atomic E-state index is 0.0472. The molecule has 0 amide bonds. The molecular formula is C16H22NO6PS2. The summed E-state index contributed by atoms with van der Waals surface area (Å²) in [5.74, 6) is -2.03. The Kier molecular flexibility index (Phi) is 6.79. The van der Waals surface area contributed by atoms with E-state index in [0.717, 1.165) is 15.3 Å². The third kappa shape index (κ3) is 5.23. The van der Waals surface area contributed by atoms with E-state index in [2.05, 4.69) is 4.72 Å². The molecule has 1 atom stereocenters. The molecule has 0 radical (unpaired) electrons. The van der Waals surface area contributed by atoms with Crippen molar-refractivity contribution in [1.29, 1.82) is 0 Å². The molecule has 0 fully saturated rings. The van der Waals surface area contributed by atoms with E-state index in [9.17, 15) is 22.8 Å². The minimum atomic E-state index is -4.61. The zero-order chi connectivity index (χ0) is 19.5. The quantitative estimate of drug-likeness (QED) is 0.567. The first kappa shape index (κ1) is 21.2. The molecular weight excluding hydrogens is 397 g/mol. The minimum Gasteiger partial charge on any atom is -0.379 e. The number of methoxy groups -OCH3 is 1. The van der Waals surface area contributed by atoms with Crippen LogP contribution in [-0.2, 0) is 25.9 Å². The highest BCUT2D eigenvalue weighted by molar-refractivity contribution is 7.89. The van der Waals surface area contributed by atoms with Crippen molar-refractivity contribution in [1.82, 2.24) is 4.72 Å². The highest BCUT2D eigenvalue weighted by Gasteiger charge is 2.35. The predicted molar refractivity (Wildman–Crippen MR) is 101 cm³/mol. The summed E-state index contributed by atoms with van der Waals surface area (Å²) in [6, 6.07) is 10.1. The highest BCUT2D eigenvalue weighted by Crippen LogP contribution is 2.43. The molecule has 2 rings (SSSR count). The second kappa shape index (κ2) is 8.31. The summed E-state index contributed by atoms with van der Waals surface area (Å²) < 4.78 is 43.7. The molecule has 144 valence electrons. The van der Waals surface area contributed by atoms with Crippen molar-refractivity contribution < 1.29 is 27.5 Å². The lowest BCUT2D eigenvalue weighted by molar-refractivity contribution is 0.187. The van der Waals surface area contributed by atoms with Crippen LogP contribution in [-0.4, -0.2) is 31.1 Å². The largest absolute Gasteiger partial charge is 0.379 e. The SMILES string of the molecule is COCc1ccc(-c2ccc(S(=O)(=O)NC(C(C)C)P(=O)(O)O)cc2)s1. The first-order chi connectivity index (χ1) is 12.0. The van der Waals surface area contributed by atoms with Gasteiger partial charge in [0.25, 0.3) is 0 Å². The Morgan fingerprint density at radius 3 is 2.27 bits per heavy atom. The van der Waals surface area contributed by atoms with Crippen LogP contribution >= 0.6 is 18.9 Å². The summed E-state index contributed by atoms with van der Waals surface area (Å²) in [5, 5.41) is 0. The summed E-state index contributed by atoms with van der Waals surface area (Å²) in [5.41, 5.74) is 0.853. The van der Waals surface area contributed by atoms with Crippen molar-refractivity contribution in [2.24, 2.45) is 5.92 Å². The lowest BCUT2D eigenvalue weighted by Gasteiger charge is -2.23. The van der Waals surface area contributed by atoms with Crippen LogP contribution in [0.15, 0.2) is 41.3 Å². The van der Waals surface area contributed by atoms with Crippen molar-refractivity contribution in [3.8, 4) is 10.4 Å². The predicted octanol–water partition coefficient (Wildman–Crippen LogP) is 3.00. The van der Waals surface area contributed by atoms with E-state index in [1.165, 1.54) is 12.1 Å². The Hall–Kier alpha value is -1.06. The van der Waals surface area contributed by atoms with E-state index in [-0.39, 0.29) is 4.90 Å². The van der Waals surface area contributed by atoms with Crippen LogP contribution in [0.4, 0.5) is 0 Å². The van der Waals surface area contributed by atoms with Gasteiger partial charge in [0.1, 0.15) is 5.78 Å². The number of ether oxygens (including phenoxy) is 1. The smallest absolute Gasteiger partial charge is 0.343 e. The molecule has 0 bridgehead atoms. The molecule has 1 aromatic heterocycles. The highest BCUT2D eigenvalue weighted by atomic mass is 32.2. The molecule has 0 aliphatic heterocycles. The standard InChI is InChI=1S/C16H22NO6PS2/c1-11(2)16(24(18,19)20)17-26(21,22)14-7-4-12(5-8-14)15-9-6-13(25-15)10-23-3/h4-9,11,16-17H,10H2,1-3H3,(H2,18,19,20). The summed E-state index contributed by atoms with van der Waals surface area (Å²) in [6.45, 7) is 3.60. The Balaban J connectivity index is 2.24. The molecule has 3 N–H and O–H groups in total. The first-order valence-electron chi connectivity index (χ1n) is 7.80. The summed E-state index contributed by atoms with van der Waals surface area (Å²) in [4.78, 5) is 20.7. The van der Waals surface area contributed by atoms with Gasteiger partial charge in [0.15, 0.2) is 0 Å². The van der Waals surface area contributed by atoms with Gasteiger partial charge in [0.05, 0.1) is 11.5 Å². The second-order valence-electron chi connectivity index (χ2n) is 6.12.